The molecule has 0 radical (unpaired) electrons. The van der Waals surface area contributed by atoms with E-state index in [0.717, 1.165) is 59.0 Å². The van der Waals surface area contributed by atoms with Crippen LogP contribution in [-0.2, 0) is 36.8 Å². The van der Waals surface area contributed by atoms with Crippen LogP contribution in [0.1, 0.15) is 143 Å². The van der Waals surface area contributed by atoms with E-state index >= 15 is 4.79 Å². The summed E-state index contributed by atoms with van der Waals surface area (Å²) in [4.78, 5) is 73.9. The number of fused-ring (bicyclic) bond motifs is 4. The number of aromatic nitrogens is 2. The highest BCUT2D eigenvalue weighted by atomic mass is 35.5. The smallest absolute Gasteiger partial charge is 0.419 e. The van der Waals surface area contributed by atoms with Crippen LogP contribution in [0.2, 0.25) is 10.0 Å². The molecule has 2 atom stereocenters. The van der Waals surface area contributed by atoms with E-state index in [1.807, 2.05) is 144 Å². The van der Waals surface area contributed by atoms with Crippen LogP contribution >= 0.6 is 23.2 Å². The van der Waals surface area contributed by atoms with Crippen molar-refractivity contribution in [2.24, 2.45) is 0 Å². The molecule has 0 aliphatic carbocycles. The van der Waals surface area contributed by atoms with Gasteiger partial charge < -0.3 is 39.4 Å². The molecule has 6 heterocycles. The van der Waals surface area contributed by atoms with Crippen LogP contribution in [0.15, 0.2) is 72.8 Å². The number of nitrogens with one attached hydrogen (secondary N) is 4. The summed E-state index contributed by atoms with van der Waals surface area (Å²) in [6.07, 6.45) is 1.10. The monoisotopic (exact) mass is 1160 g/mol. The van der Waals surface area contributed by atoms with Crippen molar-refractivity contribution in [3.8, 4) is 22.5 Å². The Labute approximate surface area is 489 Å². The molecule has 17 nitrogen and oxygen atoms in total. The summed E-state index contributed by atoms with van der Waals surface area (Å²) in [5.41, 5.74) is 5.13. The summed E-state index contributed by atoms with van der Waals surface area (Å²) < 4.78 is 26.6. The van der Waals surface area contributed by atoms with Crippen LogP contribution in [0.3, 0.4) is 0 Å². The number of piperidine rings is 2. The Morgan fingerprint density at radius 1 is 0.476 bits per heavy atom. The quantitative estimate of drug-likeness (QED) is 0.106. The van der Waals surface area contributed by atoms with Gasteiger partial charge in [0.2, 0.25) is 0 Å². The average molecular weight is 1160 g/mol. The number of rotatable bonds is 8. The predicted octanol–water partition coefficient (Wildman–Crippen LogP) is 14.0. The Balaban J connectivity index is 0.984. The van der Waals surface area contributed by atoms with E-state index in [-0.39, 0.29) is 43.1 Å². The second kappa shape index (κ2) is 22.1. The standard InChI is InChI=1S/C63H76Cl2N8O9/c1-60(2,3)79-56(75)70-25-21-37(22-26-70)68-39-13-19-47-35(29-39)31-49(72(47)58(77)81-62(7,8)9)41-15-17-45(64)43-33-66-53(51(41)43)55(74)54-52-42(16-18-46(65)44(52)34-67-54)50-32-36-30-40(14-20-48(36)73(50)59(78)82-63(10,11)12)69-38-23-27-71(28-24-38)57(76)80-61(4,5)6/h13-20,29-32,37-38,53-54,66-69H,21-28,33-34H2,1-12H3. The first-order valence-corrected chi connectivity index (χ1v) is 29.2. The number of carbonyl (C=O) groups excluding carboxylic acids is 5. The van der Waals surface area contributed by atoms with Crippen LogP contribution in [-0.4, -0.2) is 110 Å². The molecule has 0 saturated carbocycles. The van der Waals surface area contributed by atoms with Crippen LogP contribution in [0, 0.1) is 0 Å². The van der Waals surface area contributed by atoms with Crippen LogP contribution in [0.25, 0.3) is 44.3 Å². The zero-order valence-corrected chi connectivity index (χ0v) is 50.5. The fraction of sp³-hybridized carbons (Fsp3) is 0.476. The van der Waals surface area contributed by atoms with Crippen molar-refractivity contribution >= 4 is 86.5 Å². The average Bonchev–Trinajstić information content (AvgIpc) is 2.17. The van der Waals surface area contributed by atoms with E-state index in [2.05, 4.69) is 21.3 Å². The topological polar surface area (TPSA) is 187 Å². The van der Waals surface area contributed by atoms with Gasteiger partial charge in [0, 0.05) is 94.7 Å². The molecule has 4 aromatic carbocycles. The van der Waals surface area contributed by atoms with E-state index in [0.29, 0.717) is 80.9 Å². The molecule has 19 heteroatoms. The Kier molecular flexibility index (Phi) is 15.7. The number of likely N-dealkylation sites (tertiary alicyclic amines) is 2. The van der Waals surface area contributed by atoms with Gasteiger partial charge in [0.25, 0.3) is 0 Å². The molecule has 2 fully saturated rings. The van der Waals surface area contributed by atoms with Gasteiger partial charge in [-0.15, -0.1) is 0 Å². The number of hydrogen-bond acceptors (Lipinski definition) is 13. The van der Waals surface area contributed by atoms with Crippen molar-refractivity contribution in [2.45, 2.75) is 168 Å². The lowest BCUT2D eigenvalue weighted by atomic mass is 9.87. The number of nitrogens with zero attached hydrogens (tertiary/aromatic N) is 4. The molecule has 6 aromatic rings. The first-order chi connectivity index (χ1) is 38.5. The highest BCUT2D eigenvalue weighted by Gasteiger charge is 2.42. The summed E-state index contributed by atoms with van der Waals surface area (Å²) in [6.45, 7) is 24.9. The molecule has 2 unspecified atom stereocenters. The zero-order chi connectivity index (χ0) is 59.0. The molecule has 10 rings (SSSR count). The summed E-state index contributed by atoms with van der Waals surface area (Å²) in [5.74, 6) is -0.210. The fourth-order valence-corrected chi connectivity index (χ4v) is 12.0. The Hall–Kier alpha value is -6.79. The zero-order valence-electron chi connectivity index (χ0n) is 49.0. The van der Waals surface area contributed by atoms with Crippen molar-refractivity contribution in [3.05, 3.63) is 105 Å². The van der Waals surface area contributed by atoms with Gasteiger partial charge in [-0.2, -0.15) is 0 Å². The minimum absolute atomic E-state index is 0.0933. The molecule has 4 aliphatic heterocycles. The van der Waals surface area contributed by atoms with E-state index in [9.17, 15) is 19.2 Å². The highest BCUT2D eigenvalue weighted by molar-refractivity contribution is 6.32. The SMILES string of the molecule is CC(C)(C)OC(=O)N1CCC(Nc2ccc3c(c2)cc(-c2ccc(Cl)c4c2C(C(=O)C2NCc5c(Cl)ccc(-c6cc7cc(NC8CCN(C(=O)OC(C)(C)C)CC8)ccc7n6C(=O)OC(C)(C)C)c52)NC4)n3C(=O)OC(C)(C)C)CC1. The van der Waals surface area contributed by atoms with Gasteiger partial charge in [-0.05, 0) is 192 Å². The maximum Gasteiger partial charge on any atom is 0.419 e. The maximum absolute atomic E-state index is 15.7. The van der Waals surface area contributed by atoms with E-state index in [1.165, 1.54) is 0 Å². The second-order valence-corrected chi connectivity index (χ2v) is 26.8. The Morgan fingerprint density at radius 2 is 0.817 bits per heavy atom. The summed E-state index contributed by atoms with van der Waals surface area (Å²) in [6, 6.07) is 21.3. The third-order valence-electron chi connectivity index (χ3n) is 15.1. The van der Waals surface area contributed by atoms with Gasteiger partial charge in [0.15, 0.2) is 5.78 Å². The predicted molar refractivity (Wildman–Crippen MR) is 321 cm³/mol. The number of anilines is 2. The third kappa shape index (κ3) is 12.4. The molecule has 4 N–H and O–H groups in total. The maximum atomic E-state index is 15.7. The molecule has 0 spiro atoms. The van der Waals surface area contributed by atoms with Crippen LogP contribution < -0.4 is 21.3 Å². The van der Waals surface area contributed by atoms with Crippen molar-refractivity contribution < 1.29 is 42.9 Å². The molecule has 2 amide bonds. The minimum Gasteiger partial charge on any atom is -0.444 e. The number of Topliss-reactive ketones (excluding diaryl/α,β-unsaturated/α-hetero) is 1. The normalized spacial score (nSPS) is 18.1. The minimum atomic E-state index is -0.908. The van der Waals surface area contributed by atoms with Gasteiger partial charge in [0.1, 0.15) is 22.4 Å². The molecular formula is C63H76Cl2N8O9. The molecule has 82 heavy (non-hydrogen) atoms. The Morgan fingerprint density at radius 3 is 1.16 bits per heavy atom. The van der Waals surface area contributed by atoms with E-state index in [1.54, 1.807) is 31.1 Å². The third-order valence-corrected chi connectivity index (χ3v) is 15.8. The fourth-order valence-electron chi connectivity index (χ4n) is 11.6. The van der Waals surface area contributed by atoms with E-state index in [4.69, 9.17) is 42.1 Å². The largest absolute Gasteiger partial charge is 0.444 e. The molecule has 436 valence electrons. The van der Waals surface area contributed by atoms with Crippen LogP contribution in [0.5, 0.6) is 0 Å². The first-order valence-electron chi connectivity index (χ1n) is 28.4. The van der Waals surface area contributed by atoms with Crippen molar-refractivity contribution in [2.75, 3.05) is 36.8 Å². The second-order valence-electron chi connectivity index (χ2n) is 26.0. The van der Waals surface area contributed by atoms with Gasteiger partial charge in [-0.25, -0.2) is 28.3 Å². The molecule has 2 saturated heterocycles. The molecule has 2 aromatic heterocycles. The van der Waals surface area contributed by atoms with Gasteiger partial charge in [0.05, 0.1) is 34.5 Å². The molecule has 0 bridgehead atoms. The van der Waals surface area contributed by atoms with Gasteiger partial charge in [-0.1, -0.05) is 35.3 Å². The lowest BCUT2D eigenvalue weighted by Gasteiger charge is -2.34. The Bertz CT molecular complexity index is 3280. The summed E-state index contributed by atoms with van der Waals surface area (Å²) in [5, 5.41) is 16.8. The molecular weight excluding hydrogens is 1080 g/mol. The van der Waals surface area contributed by atoms with Crippen molar-refractivity contribution in [1.82, 2.24) is 29.6 Å². The van der Waals surface area contributed by atoms with Gasteiger partial charge >= 0.3 is 24.4 Å². The number of amides is 2. The number of carbonyl (C=O) groups is 5. The summed E-state index contributed by atoms with van der Waals surface area (Å²) >= 11 is 14.1. The molecule has 4 aliphatic rings. The van der Waals surface area contributed by atoms with Crippen molar-refractivity contribution in [1.29, 1.82) is 0 Å². The van der Waals surface area contributed by atoms with Crippen molar-refractivity contribution in [3.63, 3.8) is 0 Å². The number of ketones is 1. The number of halogens is 2. The highest BCUT2D eigenvalue weighted by Crippen LogP contribution is 2.47. The van der Waals surface area contributed by atoms with Crippen LogP contribution in [0.4, 0.5) is 30.6 Å². The summed E-state index contributed by atoms with van der Waals surface area (Å²) in [7, 11) is 0. The first kappa shape index (κ1) is 58.4. The lowest BCUT2D eigenvalue weighted by molar-refractivity contribution is -0.123. The number of ether oxygens (including phenoxy) is 4. The number of hydrogen-bond donors (Lipinski definition) is 4. The van der Waals surface area contributed by atoms with Gasteiger partial charge in [-0.3, -0.25) is 15.4 Å². The van der Waals surface area contributed by atoms with E-state index < -0.39 is 46.7 Å². The lowest BCUT2D eigenvalue weighted by Crippen LogP contribution is -2.44. The number of benzene rings is 4.